The number of pyridine rings is 1. The number of hydrogen-bond acceptors (Lipinski definition) is 2. The number of halogens is 3. The topological polar surface area (TPSA) is 51.1 Å². The first-order chi connectivity index (χ1) is 13.1. The maximum atomic E-state index is 13.1. The number of hydrogen-bond donors (Lipinski definition) is 1. The van der Waals surface area contributed by atoms with Crippen LogP contribution in [0.15, 0.2) is 47.4 Å². The molecule has 3 rings (SSSR count). The fraction of sp³-hybridized carbons (Fsp3) is 0.238. The van der Waals surface area contributed by atoms with Gasteiger partial charge in [-0.1, -0.05) is 17.7 Å². The molecule has 2 aromatic carbocycles. The minimum atomic E-state index is -4.57. The third-order valence-electron chi connectivity index (χ3n) is 4.62. The lowest BCUT2D eigenvalue weighted by atomic mass is 10.1. The fourth-order valence-corrected chi connectivity index (χ4v) is 3.14. The molecule has 146 valence electrons. The van der Waals surface area contributed by atoms with E-state index in [0.717, 1.165) is 23.3 Å². The van der Waals surface area contributed by atoms with Crippen molar-refractivity contribution in [1.82, 2.24) is 4.57 Å². The van der Waals surface area contributed by atoms with Crippen LogP contribution in [0.1, 0.15) is 34.0 Å². The second kappa shape index (κ2) is 7.14. The number of amides is 1. The molecule has 0 spiro atoms. The van der Waals surface area contributed by atoms with Gasteiger partial charge in [0.15, 0.2) is 0 Å². The lowest BCUT2D eigenvalue weighted by Gasteiger charge is -2.14. The molecule has 0 fully saturated rings. The van der Waals surface area contributed by atoms with Crippen LogP contribution >= 0.6 is 0 Å². The summed E-state index contributed by atoms with van der Waals surface area (Å²) in [6.45, 7) is 5.92. The van der Waals surface area contributed by atoms with Gasteiger partial charge in [-0.3, -0.25) is 9.59 Å². The number of fused-ring (bicyclic) bond motifs is 1. The first-order valence-electron chi connectivity index (χ1n) is 8.75. The molecule has 1 heterocycles. The highest BCUT2D eigenvalue weighted by atomic mass is 19.4. The molecule has 1 aromatic heterocycles. The Balaban J connectivity index is 2.13. The number of benzene rings is 2. The summed E-state index contributed by atoms with van der Waals surface area (Å²) in [5, 5.41) is 2.55. The van der Waals surface area contributed by atoms with Crippen molar-refractivity contribution in [2.24, 2.45) is 0 Å². The Morgan fingerprint density at radius 3 is 2.43 bits per heavy atom. The van der Waals surface area contributed by atoms with Crippen molar-refractivity contribution in [1.29, 1.82) is 0 Å². The van der Waals surface area contributed by atoms with Crippen molar-refractivity contribution in [3.05, 3.63) is 75.1 Å². The van der Waals surface area contributed by atoms with Crippen LogP contribution in [-0.4, -0.2) is 10.5 Å². The van der Waals surface area contributed by atoms with Crippen molar-refractivity contribution in [2.75, 3.05) is 5.32 Å². The van der Waals surface area contributed by atoms with Gasteiger partial charge in [-0.25, -0.2) is 0 Å². The summed E-state index contributed by atoms with van der Waals surface area (Å²) in [5.74, 6) is -0.654. The predicted molar refractivity (Wildman–Crippen MR) is 103 cm³/mol. The van der Waals surface area contributed by atoms with E-state index >= 15 is 0 Å². The maximum absolute atomic E-state index is 13.1. The Kier molecular flexibility index (Phi) is 5.02. The number of carbonyl (C=O) groups excluding carboxylic acids is 1. The van der Waals surface area contributed by atoms with Gasteiger partial charge < -0.3 is 9.88 Å². The highest BCUT2D eigenvalue weighted by Gasteiger charge is 2.31. The van der Waals surface area contributed by atoms with Crippen LogP contribution in [0.3, 0.4) is 0 Å². The number of aryl methyl sites for hydroxylation is 3. The summed E-state index contributed by atoms with van der Waals surface area (Å²) < 4.78 is 40.8. The van der Waals surface area contributed by atoms with E-state index in [1.807, 2.05) is 26.0 Å². The molecule has 0 aliphatic rings. The first-order valence-corrected chi connectivity index (χ1v) is 8.75. The zero-order valence-corrected chi connectivity index (χ0v) is 15.6. The summed E-state index contributed by atoms with van der Waals surface area (Å²) >= 11 is 0. The smallest absolute Gasteiger partial charge is 0.347 e. The van der Waals surface area contributed by atoms with Gasteiger partial charge in [0.1, 0.15) is 5.56 Å². The third-order valence-corrected chi connectivity index (χ3v) is 4.62. The zero-order valence-electron chi connectivity index (χ0n) is 15.6. The Morgan fingerprint density at radius 2 is 1.82 bits per heavy atom. The molecule has 0 aliphatic carbocycles. The standard InChI is InChI=1S/C21H19F3N2O2/c1-4-26-11-16(20(28)25-17-7-5-12(2)9-13(17)3)19(27)15-10-14(21(22,23)24)6-8-18(15)26/h5-11H,4H2,1-3H3,(H,25,28). The van der Waals surface area contributed by atoms with E-state index in [2.05, 4.69) is 5.32 Å². The van der Waals surface area contributed by atoms with Crippen molar-refractivity contribution in [2.45, 2.75) is 33.5 Å². The van der Waals surface area contributed by atoms with Crippen molar-refractivity contribution in [3.63, 3.8) is 0 Å². The van der Waals surface area contributed by atoms with Gasteiger partial charge in [-0.05, 0) is 50.6 Å². The molecule has 0 aliphatic heterocycles. The van der Waals surface area contributed by atoms with Crippen molar-refractivity contribution < 1.29 is 18.0 Å². The molecular formula is C21H19F3N2O2. The van der Waals surface area contributed by atoms with Crippen molar-refractivity contribution in [3.8, 4) is 0 Å². The molecule has 1 N–H and O–H groups in total. The number of alkyl halides is 3. The van der Waals surface area contributed by atoms with Gasteiger partial charge in [0.25, 0.3) is 5.91 Å². The third kappa shape index (κ3) is 3.65. The second-order valence-corrected chi connectivity index (χ2v) is 6.66. The monoisotopic (exact) mass is 388 g/mol. The molecule has 3 aromatic rings. The molecule has 0 saturated heterocycles. The van der Waals surface area contributed by atoms with Gasteiger partial charge in [0.05, 0.1) is 11.1 Å². The molecule has 0 radical (unpaired) electrons. The van der Waals surface area contributed by atoms with Crippen LogP contribution in [0.25, 0.3) is 10.9 Å². The van der Waals surface area contributed by atoms with Crippen LogP contribution in [0, 0.1) is 13.8 Å². The molecular weight excluding hydrogens is 369 g/mol. The number of rotatable bonds is 3. The minimum Gasteiger partial charge on any atom is -0.347 e. The minimum absolute atomic E-state index is 0.134. The predicted octanol–water partition coefficient (Wildman–Crippen LogP) is 4.91. The number of nitrogens with zero attached hydrogens (tertiary/aromatic N) is 1. The maximum Gasteiger partial charge on any atom is 0.416 e. The Bertz CT molecular complexity index is 1130. The van der Waals surface area contributed by atoms with E-state index in [0.29, 0.717) is 17.7 Å². The van der Waals surface area contributed by atoms with Crippen molar-refractivity contribution >= 4 is 22.5 Å². The number of carbonyl (C=O) groups is 1. The van der Waals surface area contributed by atoms with Crippen LogP contribution in [0.2, 0.25) is 0 Å². The highest BCUT2D eigenvalue weighted by Crippen LogP contribution is 2.31. The van der Waals surface area contributed by atoms with E-state index < -0.39 is 23.1 Å². The molecule has 1 amide bonds. The largest absolute Gasteiger partial charge is 0.416 e. The van der Waals surface area contributed by atoms with E-state index in [1.165, 1.54) is 12.3 Å². The molecule has 0 saturated carbocycles. The van der Waals surface area contributed by atoms with E-state index in [-0.39, 0.29) is 10.9 Å². The van der Waals surface area contributed by atoms with E-state index in [9.17, 15) is 22.8 Å². The Labute approximate surface area is 159 Å². The average molecular weight is 388 g/mol. The van der Waals surface area contributed by atoms with Gasteiger partial charge in [-0.15, -0.1) is 0 Å². The van der Waals surface area contributed by atoms with E-state index in [4.69, 9.17) is 0 Å². The number of aromatic nitrogens is 1. The van der Waals surface area contributed by atoms with Crippen LogP contribution < -0.4 is 10.7 Å². The molecule has 28 heavy (non-hydrogen) atoms. The van der Waals surface area contributed by atoms with Gasteiger partial charge >= 0.3 is 6.18 Å². The summed E-state index contributed by atoms with van der Waals surface area (Å²) in [6.07, 6.45) is -3.19. The van der Waals surface area contributed by atoms with Gasteiger partial charge in [0.2, 0.25) is 5.43 Å². The van der Waals surface area contributed by atoms with Crippen LogP contribution in [0.5, 0.6) is 0 Å². The molecule has 0 bridgehead atoms. The lowest BCUT2D eigenvalue weighted by molar-refractivity contribution is -0.137. The average Bonchev–Trinajstić information content (AvgIpc) is 2.63. The number of anilines is 1. The second-order valence-electron chi connectivity index (χ2n) is 6.66. The molecule has 7 heteroatoms. The summed E-state index contributed by atoms with van der Waals surface area (Å²) in [7, 11) is 0. The van der Waals surface area contributed by atoms with Gasteiger partial charge in [-0.2, -0.15) is 13.2 Å². The summed E-state index contributed by atoms with van der Waals surface area (Å²) in [4.78, 5) is 25.5. The van der Waals surface area contributed by atoms with E-state index in [1.54, 1.807) is 17.6 Å². The summed E-state index contributed by atoms with van der Waals surface area (Å²) in [5.41, 5.74) is 0.887. The molecule has 4 nitrogen and oxygen atoms in total. The van der Waals surface area contributed by atoms with Crippen LogP contribution in [-0.2, 0) is 12.7 Å². The SMILES string of the molecule is CCn1cc(C(=O)Nc2ccc(C)cc2C)c(=O)c2cc(C(F)(F)F)ccc21. The quantitative estimate of drug-likeness (QED) is 0.693. The van der Waals surface area contributed by atoms with Crippen LogP contribution in [0.4, 0.5) is 18.9 Å². The normalized spacial score (nSPS) is 11.6. The zero-order chi connectivity index (χ0) is 20.6. The number of nitrogens with one attached hydrogen (secondary N) is 1. The Morgan fingerprint density at radius 1 is 1.11 bits per heavy atom. The molecule has 0 atom stereocenters. The van der Waals surface area contributed by atoms with Gasteiger partial charge in [0, 0.05) is 23.8 Å². The lowest BCUT2D eigenvalue weighted by Crippen LogP contribution is -2.24. The fourth-order valence-electron chi connectivity index (χ4n) is 3.14. The summed E-state index contributed by atoms with van der Waals surface area (Å²) in [6, 6.07) is 8.43. The molecule has 0 unspecified atom stereocenters. The highest BCUT2D eigenvalue weighted by molar-refractivity contribution is 6.06. The first kappa shape index (κ1) is 19.7. The Hall–Kier alpha value is -3.09.